The third-order valence-corrected chi connectivity index (χ3v) is 5.04. The van der Waals surface area contributed by atoms with Crippen LogP contribution in [0.4, 0.5) is 5.13 Å². The van der Waals surface area contributed by atoms with Gasteiger partial charge >= 0.3 is 0 Å². The lowest BCUT2D eigenvalue weighted by Crippen LogP contribution is -2.39. The summed E-state index contributed by atoms with van der Waals surface area (Å²) in [6, 6.07) is 1.29. The lowest BCUT2D eigenvalue weighted by molar-refractivity contribution is -0.117. The van der Waals surface area contributed by atoms with E-state index in [-0.39, 0.29) is 5.91 Å². The summed E-state index contributed by atoms with van der Waals surface area (Å²) >= 11 is 1.47. The van der Waals surface area contributed by atoms with Crippen LogP contribution in [0.3, 0.4) is 0 Å². The molecule has 0 radical (unpaired) electrons. The third-order valence-electron chi connectivity index (χ3n) is 4.06. The van der Waals surface area contributed by atoms with Gasteiger partial charge in [0.25, 0.3) is 0 Å². The second-order valence-corrected chi connectivity index (χ2v) is 6.64. The average Bonchev–Trinajstić information content (AvgIpc) is 2.96. The van der Waals surface area contributed by atoms with Crippen LogP contribution >= 0.6 is 11.3 Å². The van der Waals surface area contributed by atoms with Crippen molar-refractivity contribution in [3.63, 3.8) is 0 Å². The van der Waals surface area contributed by atoms with Gasteiger partial charge in [-0.25, -0.2) is 0 Å². The number of aromatic nitrogens is 2. The van der Waals surface area contributed by atoms with Crippen molar-refractivity contribution < 1.29 is 4.79 Å². The summed E-state index contributed by atoms with van der Waals surface area (Å²) in [5.74, 6) is 0.613. The Morgan fingerprint density at radius 1 is 1.37 bits per heavy atom. The molecule has 19 heavy (non-hydrogen) atoms. The molecule has 2 bridgehead atoms. The molecule has 3 rings (SSSR count). The molecular weight excluding hydrogens is 260 g/mol. The van der Waals surface area contributed by atoms with E-state index < -0.39 is 0 Å². The number of amides is 1. The second kappa shape index (κ2) is 5.54. The zero-order valence-corrected chi connectivity index (χ0v) is 12.0. The highest BCUT2D eigenvalue weighted by Gasteiger charge is 2.34. The molecule has 5 nitrogen and oxygen atoms in total. The zero-order valence-electron chi connectivity index (χ0n) is 11.2. The van der Waals surface area contributed by atoms with Crippen LogP contribution in [-0.4, -0.2) is 28.2 Å². The van der Waals surface area contributed by atoms with Gasteiger partial charge in [0.05, 0.1) is 0 Å². The van der Waals surface area contributed by atoms with Crippen LogP contribution in [0.2, 0.25) is 0 Å². The first kappa shape index (κ1) is 13.0. The van der Waals surface area contributed by atoms with Gasteiger partial charge in [-0.05, 0) is 38.0 Å². The number of aryl methyl sites for hydroxylation is 1. The van der Waals surface area contributed by atoms with E-state index >= 15 is 0 Å². The van der Waals surface area contributed by atoms with Crippen LogP contribution in [0.15, 0.2) is 0 Å². The maximum Gasteiger partial charge on any atom is 0.226 e. The van der Waals surface area contributed by atoms with E-state index in [4.69, 9.17) is 0 Å². The van der Waals surface area contributed by atoms with E-state index in [2.05, 4.69) is 20.8 Å². The number of hydrogen-bond acceptors (Lipinski definition) is 5. The lowest BCUT2D eigenvalue weighted by Gasteiger charge is -2.28. The Bertz CT molecular complexity index is 449. The van der Waals surface area contributed by atoms with Crippen LogP contribution in [0.5, 0.6) is 0 Å². The Hall–Kier alpha value is -1.01. The number of hydrogen-bond donors (Lipinski definition) is 2. The monoisotopic (exact) mass is 280 g/mol. The molecule has 2 N–H and O–H groups in total. The first-order valence-electron chi connectivity index (χ1n) is 7.11. The van der Waals surface area contributed by atoms with Crippen molar-refractivity contribution in [1.29, 1.82) is 0 Å². The number of nitrogens with one attached hydrogen (secondary N) is 2. The minimum Gasteiger partial charge on any atom is -0.311 e. The van der Waals surface area contributed by atoms with Gasteiger partial charge in [0.1, 0.15) is 5.01 Å². The molecule has 0 aliphatic carbocycles. The molecule has 2 aliphatic rings. The second-order valence-electron chi connectivity index (χ2n) is 5.58. The van der Waals surface area contributed by atoms with E-state index in [1.165, 1.54) is 24.2 Å². The third kappa shape index (κ3) is 3.12. The number of nitrogens with zero attached hydrogens (tertiary/aromatic N) is 2. The predicted molar refractivity (Wildman–Crippen MR) is 75.2 cm³/mol. The van der Waals surface area contributed by atoms with Crippen LogP contribution in [0.25, 0.3) is 0 Å². The first-order valence-corrected chi connectivity index (χ1v) is 7.93. The SMILES string of the molecule is CCc1nnc(NC(=O)CC2CC3CCC(C2)N3)s1. The fraction of sp³-hybridized carbons (Fsp3) is 0.769. The van der Waals surface area contributed by atoms with Gasteiger partial charge in [-0.2, -0.15) is 0 Å². The average molecular weight is 280 g/mol. The molecular formula is C13H20N4OS. The maximum absolute atomic E-state index is 12.0. The summed E-state index contributed by atoms with van der Waals surface area (Å²) in [6.45, 7) is 2.04. The highest BCUT2D eigenvalue weighted by Crippen LogP contribution is 2.32. The number of anilines is 1. The van der Waals surface area contributed by atoms with Crippen molar-refractivity contribution in [2.24, 2.45) is 5.92 Å². The molecule has 0 aromatic carbocycles. The maximum atomic E-state index is 12.0. The van der Waals surface area contributed by atoms with Crippen LogP contribution in [-0.2, 0) is 11.2 Å². The van der Waals surface area contributed by atoms with Gasteiger partial charge in [-0.1, -0.05) is 18.3 Å². The molecule has 2 saturated heterocycles. The van der Waals surface area contributed by atoms with Crippen molar-refractivity contribution in [2.75, 3.05) is 5.32 Å². The summed E-state index contributed by atoms with van der Waals surface area (Å²) < 4.78 is 0. The van der Waals surface area contributed by atoms with Gasteiger partial charge in [0, 0.05) is 18.5 Å². The smallest absolute Gasteiger partial charge is 0.226 e. The molecule has 2 fully saturated rings. The van der Waals surface area contributed by atoms with Gasteiger partial charge in [-0.15, -0.1) is 10.2 Å². The number of carbonyl (C=O) groups is 1. The summed E-state index contributed by atoms with van der Waals surface area (Å²) in [4.78, 5) is 12.0. The molecule has 2 unspecified atom stereocenters. The van der Waals surface area contributed by atoms with Crippen molar-refractivity contribution >= 4 is 22.4 Å². The predicted octanol–water partition coefficient (Wildman–Crippen LogP) is 1.96. The Labute approximate surface area is 117 Å². The summed E-state index contributed by atoms with van der Waals surface area (Å²) in [6.07, 6.45) is 6.32. The molecule has 0 spiro atoms. The van der Waals surface area contributed by atoms with Crippen molar-refractivity contribution in [3.05, 3.63) is 5.01 Å². The molecule has 3 heterocycles. The van der Waals surface area contributed by atoms with Crippen molar-refractivity contribution in [2.45, 2.75) is 57.5 Å². The van der Waals surface area contributed by atoms with Crippen molar-refractivity contribution in [1.82, 2.24) is 15.5 Å². The molecule has 1 aromatic rings. The van der Waals surface area contributed by atoms with Crippen LogP contribution in [0, 0.1) is 5.92 Å². The minimum absolute atomic E-state index is 0.0881. The molecule has 104 valence electrons. The molecule has 0 saturated carbocycles. The van der Waals surface area contributed by atoms with Crippen LogP contribution in [0.1, 0.15) is 44.0 Å². The number of rotatable bonds is 4. The summed E-state index contributed by atoms with van der Waals surface area (Å²) in [7, 11) is 0. The topological polar surface area (TPSA) is 66.9 Å². The fourth-order valence-corrected chi connectivity index (χ4v) is 3.92. The minimum atomic E-state index is 0.0881. The number of carbonyl (C=O) groups excluding carboxylic acids is 1. The van der Waals surface area contributed by atoms with E-state index in [9.17, 15) is 4.79 Å². The molecule has 2 atom stereocenters. The van der Waals surface area contributed by atoms with Crippen molar-refractivity contribution in [3.8, 4) is 0 Å². The van der Waals surface area contributed by atoms with E-state index in [1.807, 2.05) is 6.92 Å². The fourth-order valence-electron chi connectivity index (χ4n) is 3.22. The zero-order chi connectivity index (χ0) is 13.2. The van der Waals surface area contributed by atoms with E-state index in [0.717, 1.165) is 24.3 Å². The number of fused-ring (bicyclic) bond motifs is 2. The largest absolute Gasteiger partial charge is 0.311 e. The standard InChI is InChI=1S/C13H20N4OS/c1-2-12-16-17-13(19-12)15-11(18)7-8-5-9-3-4-10(6-8)14-9/h8-10,14H,2-7H2,1H3,(H,15,17,18). The molecule has 1 aromatic heterocycles. The molecule has 2 aliphatic heterocycles. The molecule has 6 heteroatoms. The first-order chi connectivity index (χ1) is 9.22. The van der Waals surface area contributed by atoms with Gasteiger partial charge < -0.3 is 10.6 Å². The summed E-state index contributed by atoms with van der Waals surface area (Å²) in [5, 5.41) is 16.1. The highest BCUT2D eigenvalue weighted by atomic mass is 32.1. The Morgan fingerprint density at radius 3 is 2.74 bits per heavy atom. The van der Waals surface area contributed by atoms with Crippen LogP contribution < -0.4 is 10.6 Å². The van der Waals surface area contributed by atoms with Gasteiger partial charge in [0.15, 0.2) is 0 Å². The summed E-state index contributed by atoms with van der Waals surface area (Å²) in [5.41, 5.74) is 0. The highest BCUT2D eigenvalue weighted by molar-refractivity contribution is 7.15. The van der Waals surface area contributed by atoms with E-state index in [0.29, 0.717) is 29.6 Å². The lowest BCUT2D eigenvalue weighted by atomic mass is 9.89. The molecule has 1 amide bonds. The Balaban J connectivity index is 1.51. The number of piperidine rings is 1. The quantitative estimate of drug-likeness (QED) is 0.885. The van der Waals surface area contributed by atoms with Gasteiger partial charge in [0.2, 0.25) is 11.0 Å². The Kier molecular flexibility index (Phi) is 3.79. The van der Waals surface area contributed by atoms with E-state index in [1.54, 1.807) is 0 Å². The Morgan fingerprint density at radius 2 is 2.11 bits per heavy atom. The van der Waals surface area contributed by atoms with Gasteiger partial charge in [-0.3, -0.25) is 4.79 Å². The normalized spacial score (nSPS) is 29.4.